The average molecular weight is 685 g/mol. The fraction of sp³-hybridized carbons (Fsp3) is 0.487. The largest absolute Gasteiger partial charge is 0.298 e. The molecule has 6 nitrogen and oxygen atoms in total. The number of nitro groups is 1. The SMILES string of the molecule is CCCCCCCCCCC(C#Cc1cc([N+](=O)[O-])c2nc3c4cccc5c(Br)ccc(c(=O)n3c2c1)c54)CCCCCCCC. The number of hydrogen-bond donors (Lipinski definition) is 0. The summed E-state index contributed by atoms with van der Waals surface area (Å²) < 4.78 is 2.42. The molecular weight excluding hydrogens is 638 g/mol. The van der Waals surface area contributed by atoms with Gasteiger partial charge in [0.1, 0.15) is 5.65 Å². The molecule has 3 aromatic carbocycles. The molecule has 0 bridgehead atoms. The predicted octanol–water partition coefficient (Wildman–Crippen LogP) is 11.5. The third kappa shape index (κ3) is 7.72. The van der Waals surface area contributed by atoms with E-state index in [-0.39, 0.29) is 22.7 Å². The number of fused-ring (bicyclic) bond motifs is 4. The number of hydrogen-bond acceptors (Lipinski definition) is 4. The Morgan fingerprint density at radius 1 is 0.826 bits per heavy atom. The Bertz CT molecular complexity index is 1920. The van der Waals surface area contributed by atoms with Crippen molar-refractivity contribution in [3.63, 3.8) is 0 Å². The summed E-state index contributed by atoms with van der Waals surface area (Å²) in [6.45, 7) is 4.49. The Morgan fingerprint density at radius 2 is 1.43 bits per heavy atom. The number of benzene rings is 3. The first-order valence-electron chi connectivity index (χ1n) is 17.4. The highest BCUT2D eigenvalue weighted by molar-refractivity contribution is 9.10. The number of non-ortho nitro benzene ring substituents is 1. The molecule has 0 amide bonds. The Labute approximate surface area is 280 Å². The summed E-state index contributed by atoms with van der Waals surface area (Å²) in [5.74, 6) is 7.08. The van der Waals surface area contributed by atoms with Crippen LogP contribution in [-0.4, -0.2) is 14.3 Å². The van der Waals surface area contributed by atoms with Gasteiger partial charge in [-0.3, -0.25) is 19.3 Å². The number of unbranched alkanes of at least 4 members (excludes halogenated alkanes) is 12. The van der Waals surface area contributed by atoms with E-state index in [1.165, 1.54) is 87.5 Å². The lowest BCUT2D eigenvalue weighted by molar-refractivity contribution is -0.383. The Hall–Kier alpha value is -3.50. The molecule has 1 atom stereocenters. The Morgan fingerprint density at radius 3 is 2.07 bits per heavy atom. The second-order valence-corrected chi connectivity index (χ2v) is 13.7. The molecular formula is C39H46BrN3O3. The van der Waals surface area contributed by atoms with E-state index in [0.717, 1.165) is 46.3 Å². The molecule has 2 heterocycles. The molecule has 5 rings (SSSR count). The third-order valence-corrected chi connectivity index (χ3v) is 10.0. The highest BCUT2D eigenvalue weighted by atomic mass is 79.9. The zero-order chi connectivity index (χ0) is 32.5. The summed E-state index contributed by atoms with van der Waals surface area (Å²) >= 11 is 3.60. The minimum atomic E-state index is -0.407. The van der Waals surface area contributed by atoms with E-state index in [9.17, 15) is 14.9 Å². The normalized spacial score (nSPS) is 12.3. The van der Waals surface area contributed by atoms with Crippen molar-refractivity contribution in [2.45, 2.75) is 117 Å². The summed E-state index contributed by atoms with van der Waals surface area (Å²) in [6, 6.07) is 12.8. The summed E-state index contributed by atoms with van der Waals surface area (Å²) in [6.07, 6.45) is 19.8. The zero-order valence-electron chi connectivity index (χ0n) is 27.4. The fourth-order valence-electron chi connectivity index (χ4n) is 6.78. The summed E-state index contributed by atoms with van der Waals surface area (Å²) in [7, 11) is 0. The van der Waals surface area contributed by atoms with Gasteiger partial charge in [-0.05, 0) is 36.4 Å². The van der Waals surface area contributed by atoms with Gasteiger partial charge in [0.2, 0.25) is 0 Å². The molecule has 5 aromatic rings. The number of imidazole rings is 1. The summed E-state index contributed by atoms with van der Waals surface area (Å²) in [4.78, 5) is 30.5. The van der Waals surface area contributed by atoms with Crippen molar-refractivity contribution in [3.8, 4) is 11.8 Å². The third-order valence-electron chi connectivity index (χ3n) is 9.33. The lowest BCUT2D eigenvalue weighted by atomic mass is 9.94. The van der Waals surface area contributed by atoms with Crippen LogP contribution in [0.3, 0.4) is 0 Å². The van der Waals surface area contributed by atoms with E-state index < -0.39 is 4.92 Å². The smallest absolute Gasteiger partial charge is 0.268 e. The molecule has 1 unspecified atom stereocenters. The van der Waals surface area contributed by atoms with Crippen molar-refractivity contribution in [2.75, 3.05) is 0 Å². The van der Waals surface area contributed by atoms with Crippen LogP contribution in [0.5, 0.6) is 0 Å². The molecule has 0 saturated heterocycles. The van der Waals surface area contributed by atoms with E-state index in [1.807, 2.05) is 36.4 Å². The maximum atomic E-state index is 13.9. The minimum Gasteiger partial charge on any atom is -0.268 e. The number of aromatic nitrogens is 2. The standard InChI is InChI=1S/C39H46BrN3O3/c1-3-5-7-9-11-12-14-16-19-28(18-15-13-10-8-6-4-2)22-23-29-26-34-37(35(27-29)43(45)46)41-38-31-21-17-20-30-33(40)25-24-32(36(30)31)39(44)42(34)38/h17,20-21,24-28H,3-16,18-19H2,1-2H3. The second kappa shape index (κ2) is 16.4. The highest BCUT2D eigenvalue weighted by Gasteiger charge is 2.23. The van der Waals surface area contributed by atoms with Gasteiger partial charge in [0.15, 0.2) is 5.52 Å². The first-order chi connectivity index (χ1) is 22.4. The van der Waals surface area contributed by atoms with E-state index >= 15 is 0 Å². The van der Waals surface area contributed by atoms with Gasteiger partial charge in [-0.15, -0.1) is 0 Å². The van der Waals surface area contributed by atoms with Crippen LogP contribution in [0.25, 0.3) is 38.2 Å². The number of nitro benzene ring substituents is 1. The van der Waals surface area contributed by atoms with Crippen molar-refractivity contribution in [2.24, 2.45) is 5.92 Å². The van der Waals surface area contributed by atoms with Crippen molar-refractivity contribution in [1.82, 2.24) is 9.38 Å². The van der Waals surface area contributed by atoms with Gasteiger partial charge in [0.25, 0.3) is 11.2 Å². The molecule has 0 aliphatic heterocycles. The maximum Gasteiger partial charge on any atom is 0.298 e. The molecule has 0 radical (unpaired) electrons. The van der Waals surface area contributed by atoms with Gasteiger partial charge >= 0.3 is 0 Å². The molecule has 2 aromatic heterocycles. The van der Waals surface area contributed by atoms with Crippen molar-refractivity contribution >= 4 is 59.8 Å². The van der Waals surface area contributed by atoms with E-state index in [0.29, 0.717) is 22.1 Å². The Balaban J connectivity index is 1.46. The quantitative estimate of drug-likeness (QED) is 0.0423. The number of halogens is 1. The van der Waals surface area contributed by atoms with E-state index in [4.69, 9.17) is 4.98 Å². The summed E-state index contributed by atoms with van der Waals surface area (Å²) in [5, 5.41) is 15.4. The molecule has 0 saturated carbocycles. The molecule has 242 valence electrons. The molecule has 7 heteroatoms. The molecule has 0 fully saturated rings. The number of rotatable bonds is 17. The van der Waals surface area contributed by atoms with Gasteiger partial charge in [0, 0.05) is 38.2 Å². The molecule has 0 N–H and O–H groups in total. The number of nitrogens with zero attached hydrogens (tertiary/aromatic N) is 3. The second-order valence-electron chi connectivity index (χ2n) is 12.8. The van der Waals surface area contributed by atoms with Gasteiger partial charge < -0.3 is 0 Å². The molecule has 0 spiro atoms. The lowest BCUT2D eigenvalue weighted by Crippen LogP contribution is -2.13. The van der Waals surface area contributed by atoms with Crippen LogP contribution in [0.4, 0.5) is 5.69 Å². The molecule has 0 aliphatic rings. The molecule has 46 heavy (non-hydrogen) atoms. The average Bonchev–Trinajstić information content (AvgIpc) is 3.45. The van der Waals surface area contributed by atoms with Gasteiger partial charge in [-0.2, -0.15) is 0 Å². The maximum absolute atomic E-state index is 13.9. The first-order valence-corrected chi connectivity index (χ1v) is 18.2. The topological polar surface area (TPSA) is 77.5 Å². The van der Waals surface area contributed by atoms with Crippen LogP contribution < -0.4 is 5.56 Å². The fourth-order valence-corrected chi connectivity index (χ4v) is 7.25. The first kappa shape index (κ1) is 33.9. The lowest BCUT2D eigenvalue weighted by Gasteiger charge is -2.11. The molecule has 0 aliphatic carbocycles. The van der Waals surface area contributed by atoms with E-state index in [2.05, 4.69) is 41.6 Å². The van der Waals surface area contributed by atoms with Crippen molar-refractivity contribution < 1.29 is 4.92 Å². The van der Waals surface area contributed by atoms with Gasteiger partial charge in [-0.25, -0.2) is 4.98 Å². The van der Waals surface area contributed by atoms with Crippen LogP contribution in [0.15, 0.2) is 51.7 Å². The van der Waals surface area contributed by atoms with Crippen molar-refractivity contribution in [1.29, 1.82) is 0 Å². The van der Waals surface area contributed by atoms with Gasteiger partial charge in [-0.1, -0.05) is 150 Å². The van der Waals surface area contributed by atoms with Crippen LogP contribution in [0.1, 0.15) is 122 Å². The van der Waals surface area contributed by atoms with Crippen LogP contribution >= 0.6 is 15.9 Å². The zero-order valence-corrected chi connectivity index (χ0v) is 29.0. The van der Waals surface area contributed by atoms with Crippen LogP contribution in [0.2, 0.25) is 0 Å². The summed E-state index contributed by atoms with van der Waals surface area (Å²) in [5.41, 5.74) is 1.27. The monoisotopic (exact) mass is 683 g/mol. The van der Waals surface area contributed by atoms with Gasteiger partial charge in [0.05, 0.1) is 10.4 Å². The minimum absolute atomic E-state index is 0.121. The van der Waals surface area contributed by atoms with Crippen LogP contribution in [-0.2, 0) is 0 Å². The Kier molecular flexibility index (Phi) is 12.0. The highest BCUT2D eigenvalue weighted by Crippen LogP contribution is 2.35. The van der Waals surface area contributed by atoms with Crippen LogP contribution in [0, 0.1) is 27.9 Å². The van der Waals surface area contributed by atoms with E-state index in [1.54, 1.807) is 0 Å². The number of pyridine rings is 1. The predicted molar refractivity (Wildman–Crippen MR) is 195 cm³/mol. The van der Waals surface area contributed by atoms with Crippen molar-refractivity contribution in [3.05, 3.63) is 73.0 Å².